The molecule has 2 N–H and O–H groups in total. The van der Waals surface area contributed by atoms with Gasteiger partial charge in [0.2, 0.25) is 0 Å². The zero-order valence-corrected chi connectivity index (χ0v) is 18.1. The smallest absolute Gasteiger partial charge is 0.315 e. The molecule has 0 radical (unpaired) electrons. The van der Waals surface area contributed by atoms with Gasteiger partial charge in [-0.2, -0.15) is 0 Å². The number of halogens is 2. The van der Waals surface area contributed by atoms with Gasteiger partial charge < -0.3 is 24.8 Å². The Morgan fingerprint density at radius 1 is 1.24 bits per heavy atom. The monoisotopic (exact) mass is 460 g/mol. The second-order valence-electron chi connectivity index (χ2n) is 8.90. The zero-order chi connectivity index (χ0) is 23.0. The van der Waals surface area contributed by atoms with E-state index in [0.717, 1.165) is 12.5 Å². The highest BCUT2D eigenvalue weighted by Crippen LogP contribution is 2.48. The molecular weight excluding hydrogens is 434 g/mol. The average molecular weight is 460 g/mol. The van der Waals surface area contributed by atoms with Crippen LogP contribution in [-0.2, 0) is 14.9 Å². The Balaban J connectivity index is 1.33. The highest BCUT2D eigenvalue weighted by molar-refractivity contribution is 5.84. The zero-order valence-electron chi connectivity index (χ0n) is 18.1. The average Bonchev–Trinajstić information content (AvgIpc) is 3.47. The number of carbonyl (C=O) groups is 1. The summed E-state index contributed by atoms with van der Waals surface area (Å²) in [5.41, 5.74) is -0.469. The molecule has 3 heterocycles. The first kappa shape index (κ1) is 21.8. The maximum absolute atomic E-state index is 14.0. The lowest BCUT2D eigenvalue weighted by atomic mass is 10.0. The first-order valence-corrected chi connectivity index (χ1v) is 11.3. The molecule has 0 unspecified atom stereocenters. The van der Waals surface area contributed by atoms with Gasteiger partial charge in [0.15, 0.2) is 23.2 Å². The van der Waals surface area contributed by atoms with Gasteiger partial charge in [0.1, 0.15) is 17.3 Å². The standard InChI is InChI=1S/C23H26F2N4O4/c24-14-1-2-18(17(25)11-14)33-16-3-8-29(9-4-16)21-20(27-15-5-10-32-13-15)26-12-19(28-21)23(6-7-23)22(30)31/h1-2,11-12,15-16H,3-10,13H2,(H,26,27)(H,30,31)/t15-/m1/s1. The highest BCUT2D eigenvalue weighted by Gasteiger charge is 2.53. The molecule has 8 nitrogen and oxygen atoms in total. The highest BCUT2D eigenvalue weighted by atomic mass is 19.1. The van der Waals surface area contributed by atoms with E-state index >= 15 is 0 Å². The molecule has 0 bridgehead atoms. The van der Waals surface area contributed by atoms with E-state index in [9.17, 15) is 18.7 Å². The van der Waals surface area contributed by atoms with Gasteiger partial charge in [0, 0.05) is 38.6 Å². The van der Waals surface area contributed by atoms with Gasteiger partial charge in [-0.15, -0.1) is 0 Å². The Kier molecular flexibility index (Phi) is 5.77. The number of aliphatic carboxylic acids is 1. The van der Waals surface area contributed by atoms with Crippen molar-refractivity contribution in [2.45, 2.75) is 49.7 Å². The summed E-state index contributed by atoms with van der Waals surface area (Å²) < 4.78 is 38.3. The van der Waals surface area contributed by atoms with E-state index < -0.39 is 23.0 Å². The number of carboxylic acid groups (broad SMARTS) is 1. The third-order valence-electron chi connectivity index (χ3n) is 6.60. The lowest BCUT2D eigenvalue weighted by Gasteiger charge is -2.34. The molecule has 1 aromatic carbocycles. The topological polar surface area (TPSA) is 96.8 Å². The van der Waals surface area contributed by atoms with Gasteiger partial charge in [-0.3, -0.25) is 4.79 Å². The van der Waals surface area contributed by atoms with Crippen LogP contribution in [0.2, 0.25) is 0 Å². The SMILES string of the molecule is O=C(O)C1(c2cnc(N[C@@H]3CCOC3)c(N3CCC(Oc4ccc(F)cc4F)CC3)n2)CC1. The first-order chi connectivity index (χ1) is 15.9. The van der Waals surface area contributed by atoms with Crippen molar-refractivity contribution in [2.24, 2.45) is 0 Å². The first-order valence-electron chi connectivity index (χ1n) is 11.3. The van der Waals surface area contributed by atoms with E-state index in [2.05, 4.69) is 15.2 Å². The molecule has 1 saturated carbocycles. The fraction of sp³-hybridized carbons (Fsp3) is 0.522. The molecule has 0 amide bonds. The maximum Gasteiger partial charge on any atom is 0.315 e. The summed E-state index contributed by atoms with van der Waals surface area (Å²) in [5, 5.41) is 13.1. The molecule has 2 aromatic rings. The van der Waals surface area contributed by atoms with Crippen LogP contribution in [0, 0.1) is 11.6 Å². The second-order valence-corrected chi connectivity index (χ2v) is 8.90. The summed E-state index contributed by atoms with van der Waals surface area (Å²) in [5.74, 6) is -0.962. The molecule has 3 fully saturated rings. The van der Waals surface area contributed by atoms with E-state index in [1.165, 1.54) is 12.1 Å². The number of ether oxygens (including phenoxy) is 2. The van der Waals surface area contributed by atoms with Crippen molar-refractivity contribution in [2.75, 3.05) is 36.5 Å². The molecule has 1 aliphatic carbocycles. The Morgan fingerprint density at radius 2 is 2.03 bits per heavy atom. The molecule has 3 aliphatic rings. The van der Waals surface area contributed by atoms with Crippen molar-refractivity contribution < 1.29 is 28.2 Å². The van der Waals surface area contributed by atoms with Crippen molar-refractivity contribution in [1.82, 2.24) is 9.97 Å². The molecule has 2 saturated heterocycles. The van der Waals surface area contributed by atoms with Crippen molar-refractivity contribution in [3.63, 3.8) is 0 Å². The summed E-state index contributed by atoms with van der Waals surface area (Å²) in [6.45, 7) is 2.44. The van der Waals surface area contributed by atoms with Gasteiger partial charge >= 0.3 is 5.97 Å². The van der Waals surface area contributed by atoms with Gasteiger partial charge in [0.05, 0.1) is 24.5 Å². The van der Waals surface area contributed by atoms with E-state index in [1.54, 1.807) is 6.20 Å². The summed E-state index contributed by atoms with van der Waals surface area (Å²) >= 11 is 0. The molecule has 0 spiro atoms. The number of hydrogen-bond acceptors (Lipinski definition) is 7. The van der Waals surface area contributed by atoms with Crippen LogP contribution in [0.25, 0.3) is 0 Å². The molecule has 1 aromatic heterocycles. The Morgan fingerprint density at radius 3 is 2.67 bits per heavy atom. The number of benzene rings is 1. The van der Waals surface area contributed by atoms with Crippen molar-refractivity contribution in [1.29, 1.82) is 0 Å². The van der Waals surface area contributed by atoms with Crippen LogP contribution in [-0.4, -0.2) is 59.5 Å². The molecule has 1 atom stereocenters. The Labute approximate surface area is 189 Å². The van der Waals surface area contributed by atoms with Gasteiger partial charge in [-0.25, -0.2) is 18.7 Å². The van der Waals surface area contributed by atoms with Crippen molar-refractivity contribution >= 4 is 17.6 Å². The largest absolute Gasteiger partial charge is 0.487 e. The van der Waals surface area contributed by atoms with Crippen molar-refractivity contribution in [3.05, 3.63) is 41.7 Å². The molecule has 2 aliphatic heterocycles. The molecule has 33 heavy (non-hydrogen) atoms. The van der Waals surface area contributed by atoms with Gasteiger partial charge in [-0.05, 0) is 31.4 Å². The summed E-state index contributed by atoms with van der Waals surface area (Å²) in [6.07, 6.45) is 4.54. The van der Waals surface area contributed by atoms with Crippen LogP contribution < -0.4 is 15.0 Å². The maximum atomic E-state index is 14.0. The van der Waals surface area contributed by atoms with Crippen LogP contribution >= 0.6 is 0 Å². The summed E-state index contributed by atoms with van der Waals surface area (Å²) in [4.78, 5) is 23.2. The van der Waals surface area contributed by atoms with Crippen LogP contribution in [0.4, 0.5) is 20.4 Å². The normalized spacial score (nSPS) is 22.2. The molecule has 176 valence electrons. The summed E-state index contributed by atoms with van der Waals surface area (Å²) in [7, 11) is 0. The molecule has 10 heteroatoms. The minimum atomic E-state index is -0.946. The number of nitrogens with zero attached hydrogens (tertiary/aromatic N) is 3. The fourth-order valence-corrected chi connectivity index (χ4v) is 4.41. The predicted octanol–water partition coefficient (Wildman–Crippen LogP) is 3.12. The number of carboxylic acids is 1. The van der Waals surface area contributed by atoms with E-state index in [4.69, 9.17) is 14.5 Å². The number of hydrogen-bond donors (Lipinski definition) is 2. The minimum Gasteiger partial charge on any atom is -0.487 e. The Bertz CT molecular complexity index is 1040. The number of rotatable bonds is 7. The lowest BCUT2D eigenvalue weighted by Crippen LogP contribution is -2.40. The number of anilines is 2. The third kappa shape index (κ3) is 4.44. The van der Waals surface area contributed by atoms with Gasteiger partial charge in [0.25, 0.3) is 0 Å². The fourth-order valence-electron chi connectivity index (χ4n) is 4.41. The van der Waals surface area contributed by atoms with Crippen LogP contribution in [0.15, 0.2) is 24.4 Å². The molecular formula is C23H26F2N4O4. The van der Waals surface area contributed by atoms with Crippen LogP contribution in [0.1, 0.15) is 37.8 Å². The second kappa shape index (κ2) is 8.74. The predicted molar refractivity (Wildman–Crippen MR) is 116 cm³/mol. The van der Waals surface area contributed by atoms with E-state index in [-0.39, 0.29) is 17.9 Å². The third-order valence-corrected chi connectivity index (χ3v) is 6.60. The van der Waals surface area contributed by atoms with Crippen LogP contribution in [0.5, 0.6) is 5.75 Å². The van der Waals surface area contributed by atoms with Crippen LogP contribution in [0.3, 0.4) is 0 Å². The quantitative estimate of drug-likeness (QED) is 0.651. The molecule has 5 rings (SSSR count). The van der Waals surface area contributed by atoms with E-state index in [0.29, 0.717) is 69.3 Å². The Hall–Kier alpha value is -3.01. The van der Waals surface area contributed by atoms with Crippen molar-refractivity contribution in [3.8, 4) is 5.75 Å². The van der Waals surface area contributed by atoms with E-state index in [1.807, 2.05) is 0 Å². The minimum absolute atomic E-state index is 0.0392. The number of piperidine rings is 1. The van der Waals surface area contributed by atoms with Gasteiger partial charge in [-0.1, -0.05) is 0 Å². The lowest BCUT2D eigenvalue weighted by molar-refractivity contribution is -0.140. The number of nitrogens with one attached hydrogen (secondary N) is 1. The number of aromatic nitrogens is 2. The summed E-state index contributed by atoms with van der Waals surface area (Å²) in [6, 6.07) is 3.42.